The van der Waals surface area contributed by atoms with Crippen LogP contribution in [0.4, 0.5) is 0 Å². The summed E-state index contributed by atoms with van der Waals surface area (Å²) < 4.78 is 5.79. The fraction of sp³-hybridized carbons (Fsp3) is 0.556. The molecule has 2 N–H and O–H groups in total. The Balaban J connectivity index is 1.49. The van der Waals surface area contributed by atoms with Gasteiger partial charge in [-0.3, -0.25) is 9.89 Å². The van der Waals surface area contributed by atoms with Crippen LogP contribution >= 0.6 is 0 Å². The van der Waals surface area contributed by atoms with Gasteiger partial charge in [0.1, 0.15) is 0 Å². The van der Waals surface area contributed by atoms with Gasteiger partial charge in [0, 0.05) is 36.9 Å². The molecular formula is C18H23N3O3. The summed E-state index contributed by atoms with van der Waals surface area (Å²) in [5, 5.41) is 18.3. The van der Waals surface area contributed by atoms with Crippen molar-refractivity contribution in [2.45, 2.75) is 38.4 Å². The molecule has 6 heteroatoms. The van der Waals surface area contributed by atoms with E-state index in [0.717, 1.165) is 23.7 Å². The van der Waals surface area contributed by atoms with E-state index in [1.807, 2.05) is 36.1 Å². The number of nitrogens with zero attached hydrogens (tertiary/aromatic N) is 2. The van der Waals surface area contributed by atoms with Crippen molar-refractivity contribution in [3.63, 3.8) is 0 Å². The van der Waals surface area contributed by atoms with Crippen molar-refractivity contribution in [1.29, 1.82) is 0 Å². The molecular weight excluding hydrogens is 306 g/mol. The van der Waals surface area contributed by atoms with Gasteiger partial charge in [0.2, 0.25) is 0 Å². The van der Waals surface area contributed by atoms with Crippen molar-refractivity contribution >= 4 is 16.8 Å². The maximum Gasteiger partial charge on any atom is 0.274 e. The molecule has 1 spiro atoms. The lowest BCUT2D eigenvalue weighted by atomic mass is 9.58. The first kappa shape index (κ1) is 15.6. The summed E-state index contributed by atoms with van der Waals surface area (Å²) in [6.07, 6.45) is 2.10. The lowest BCUT2D eigenvalue weighted by molar-refractivity contribution is -0.207. The van der Waals surface area contributed by atoms with Crippen LogP contribution in [-0.2, 0) is 4.74 Å². The number of aromatic amines is 1. The highest BCUT2D eigenvalue weighted by Crippen LogP contribution is 2.51. The quantitative estimate of drug-likeness (QED) is 0.902. The van der Waals surface area contributed by atoms with Gasteiger partial charge >= 0.3 is 0 Å². The van der Waals surface area contributed by atoms with E-state index in [9.17, 15) is 9.90 Å². The summed E-state index contributed by atoms with van der Waals surface area (Å²) in [6.45, 7) is 3.93. The highest BCUT2D eigenvalue weighted by Gasteiger charge is 2.56. The maximum atomic E-state index is 12.8. The molecule has 2 aromatic rings. The zero-order chi connectivity index (χ0) is 16.7. The number of aliphatic hydroxyl groups is 1. The minimum Gasteiger partial charge on any atom is -0.392 e. The number of piperidine rings is 1. The Bertz CT molecular complexity index is 747. The number of rotatable bonds is 3. The van der Waals surface area contributed by atoms with Gasteiger partial charge in [0.05, 0.1) is 17.7 Å². The van der Waals surface area contributed by atoms with E-state index in [1.54, 1.807) is 0 Å². The van der Waals surface area contributed by atoms with Crippen LogP contribution in [0.3, 0.4) is 0 Å². The molecule has 1 aromatic carbocycles. The van der Waals surface area contributed by atoms with Crippen LogP contribution in [0, 0.1) is 5.41 Å². The molecule has 24 heavy (non-hydrogen) atoms. The van der Waals surface area contributed by atoms with Crippen LogP contribution in [0.15, 0.2) is 24.3 Å². The number of amides is 1. The van der Waals surface area contributed by atoms with Crippen LogP contribution < -0.4 is 0 Å². The van der Waals surface area contributed by atoms with E-state index in [2.05, 4.69) is 10.2 Å². The van der Waals surface area contributed by atoms with Crippen LogP contribution in [0.1, 0.15) is 36.7 Å². The number of benzene rings is 1. The summed E-state index contributed by atoms with van der Waals surface area (Å²) in [5.41, 5.74) is 1.19. The van der Waals surface area contributed by atoms with Gasteiger partial charge in [0.25, 0.3) is 5.91 Å². The number of aromatic nitrogens is 2. The number of ether oxygens (including phenoxy) is 1. The number of fused-ring (bicyclic) bond motifs is 1. The lowest BCUT2D eigenvalue weighted by Crippen LogP contribution is -2.62. The summed E-state index contributed by atoms with van der Waals surface area (Å²) >= 11 is 0. The second kappa shape index (κ2) is 5.86. The minimum absolute atomic E-state index is 0.0379. The predicted octanol–water partition coefficient (Wildman–Crippen LogP) is 1.95. The largest absolute Gasteiger partial charge is 0.392 e. The van der Waals surface area contributed by atoms with E-state index in [-0.39, 0.29) is 23.5 Å². The summed E-state index contributed by atoms with van der Waals surface area (Å²) in [5.74, 6) is -0.0379. The Morgan fingerprint density at radius 2 is 2.17 bits per heavy atom. The molecule has 0 unspecified atom stereocenters. The van der Waals surface area contributed by atoms with Crippen molar-refractivity contribution in [2.75, 3.05) is 19.7 Å². The number of para-hydroxylation sites is 1. The Morgan fingerprint density at radius 3 is 2.88 bits per heavy atom. The Labute approximate surface area is 140 Å². The van der Waals surface area contributed by atoms with Crippen molar-refractivity contribution in [1.82, 2.24) is 15.1 Å². The van der Waals surface area contributed by atoms with Crippen molar-refractivity contribution in [3.05, 3.63) is 30.0 Å². The highest BCUT2D eigenvalue weighted by molar-refractivity contribution is 6.04. The van der Waals surface area contributed by atoms with E-state index < -0.39 is 0 Å². The third kappa shape index (κ3) is 2.24. The number of carbonyl (C=O) groups is 1. The van der Waals surface area contributed by atoms with Crippen LogP contribution in [0.5, 0.6) is 0 Å². The van der Waals surface area contributed by atoms with Crippen LogP contribution in [-0.4, -0.2) is 58.0 Å². The SMILES string of the molecule is CCO[C@H]1C[C@@H](O)C12CCN(C(=O)c1n[nH]c3ccccc13)CC2. The zero-order valence-electron chi connectivity index (χ0n) is 13.9. The molecule has 1 amide bonds. The maximum absolute atomic E-state index is 12.8. The number of likely N-dealkylation sites (tertiary alicyclic amines) is 1. The van der Waals surface area contributed by atoms with Crippen molar-refractivity contribution < 1.29 is 14.6 Å². The second-order valence-corrected chi connectivity index (χ2v) is 6.84. The molecule has 1 saturated heterocycles. The van der Waals surface area contributed by atoms with Crippen LogP contribution in [0.2, 0.25) is 0 Å². The average molecular weight is 329 g/mol. The number of nitrogens with one attached hydrogen (secondary N) is 1. The van der Waals surface area contributed by atoms with Gasteiger partial charge in [-0.15, -0.1) is 0 Å². The molecule has 1 aliphatic heterocycles. The molecule has 4 rings (SSSR count). The van der Waals surface area contributed by atoms with E-state index >= 15 is 0 Å². The van der Waals surface area contributed by atoms with Gasteiger partial charge in [-0.05, 0) is 25.8 Å². The summed E-state index contributed by atoms with van der Waals surface area (Å²) in [6, 6.07) is 7.67. The second-order valence-electron chi connectivity index (χ2n) is 6.84. The number of H-pyrrole nitrogens is 1. The molecule has 1 aliphatic carbocycles. The molecule has 1 saturated carbocycles. The topological polar surface area (TPSA) is 78.5 Å². The number of carbonyl (C=O) groups excluding carboxylic acids is 1. The van der Waals surface area contributed by atoms with Crippen LogP contribution in [0.25, 0.3) is 10.9 Å². The van der Waals surface area contributed by atoms with E-state index in [1.165, 1.54) is 0 Å². The van der Waals surface area contributed by atoms with Crippen molar-refractivity contribution in [2.24, 2.45) is 5.41 Å². The molecule has 0 radical (unpaired) electrons. The first-order valence-electron chi connectivity index (χ1n) is 8.68. The average Bonchev–Trinajstić information content (AvgIpc) is 3.05. The molecule has 1 aromatic heterocycles. The van der Waals surface area contributed by atoms with E-state index in [0.29, 0.717) is 31.8 Å². The van der Waals surface area contributed by atoms with Gasteiger partial charge in [-0.1, -0.05) is 18.2 Å². The third-order valence-corrected chi connectivity index (χ3v) is 5.76. The monoisotopic (exact) mass is 329 g/mol. The fourth-order valence-corrected chi connectivity index (χ4v) is 4.22. The Morgan fingerprint density at radius 1 is 1.42 bits per heavy atom. The Kier molecular flexibility index (Phi) is 3.81. The van der Waals surface area contributed by atoms with Gasteiger partial charge in [-0.2, -0.15) is 5.10 Å². The lowest BCUT2D eigenvalue weighted by Gasteiger charge is -2.56. The normalized spacial score (nSPS) is 25.8. The van der Waals surface area contributed by atoms with Gasteiger partial charge in [0.15, 0.2) is 5.69 Å². The summed E-state index contributed by atoms with van der Waals surface area (Å²) in [7, 11) is 0. The first-order valence-corrected chi connectivity index (χ1v) is 8.68. The summed E-state index contributed by atoms with van der Waals surface area (Å²) in [4.78, 5) is 14.7. The predicted molar refractivity (Wildman–Crippen MR) is 89.7 cm³/mol. The molecule has 2 atom stereocenters. The number of hydrogen-bond acceptors (Lipinski definition) is 4. The standard InChI is InChI=1S/C18H23N3O3/c1-2-24-15-11-14(22)18(15)7-9-21(10-8-18)17(23)16-12-5-3-4-6-13(12)19-20-16/h3-6,14-15,22H,2,7-11H2,1H3,(H,19,20)/t14-,15+/m1/s1. The van der Waals surface area contributed by atoms with Crippen molar-refractivity contribution in [3.8, 4) is 0 Å². The fourth-order valence-electron chi connectivity index (χ4n) is 4.22. The zero-order valence-corrected chi connectivity index (χ0v) is 13.9. The first-order chi connectivity index (χ1) is 11.7. The molecule has 6 nitrogen and oxygen atoms in total. The smallest absolute Gasteiger partial charge is 0.274 e. The Hall–Kier alpha value is -1.92. The molecule has 128 valence electrons. The molecule has 2 heterocycles. The third-order valence-electron chi connectivity index (χ3n) is 5.76. The molecule has 2 aliphatic rings. The highest BCUT2D eigenvalue weighted by atomic mass is 16.5. The van der Waals surface area contributed by atoms with Gasteiger partial charge in [-0.25, -0.2) is 0 Å². The minimum atomic E-state index is -0.308. The molecule has 0 bridgehead atoms. The van der Waals surface area contributed by atoms with E-state index in [4.69, 9.17) is 4.74 Å². The number of aliphatic hydroxyl groups excluding tert-OH is 1. The van der Waals surface area contributed by atoms with Gasteiger partial charge < -0.3 is 14.7 Å². The molecule has 2 fully saturated rings. The number of hydrogen-bond donors (Lipinski definition) is 2.